The Morgan fingerprint density at radius 3 is 2.57 bits per heavy atom. The van der Waals surface area contributed by atoms with E-state index in [4.69, 9.17) is 0 Å². The summed E-state index contributed by atoms with van der Waals surface area (Å²) < 4.78 is 0. The summed E-state index contributed by atoms with van der Waals surface area (Å²) in [5.41, 5.74) is 1.11. The average Bonchev–Trinajstić information content (AvgIpc) is 3.28. The van der Waals surface area contributed by atoms with Gasteiger partial charge >= 0.3 is 6.03 Å². The summed E-state index contributed by atoms with van der Waals surface area (Å²) in [6, 6.07) is 14.4. The van der Waals surface area contributed by atoms with Gasteiger partial charge in [-0.15, -0.1) is 11.3 Å². The van der Waals surface area contributed by atoms with Crippen molar-refractivity contribution in [3.63, 3.8) is 0 Å². The zero-order valence-electron chi connectivity index (χ0n) is 13.2. The summed E-state index contributed by atoms with van der Waals surface area (Å²) in [5.74, 6) is 0. The fraction of sp³-hybridized carbons (Fsp3) is 0.389. The van der Waals surface area contributed by atoms with E-state index in [0.29, 0.717) is 19.1 Å². The number of carbonyl (C=O) groups is 1. The summed E-state index contributed by atoms with van der Waals surface area (Å²) in [6.45, 7) is 3.45. The number of carbonyl (C=O) groups excluding carboxylic acids is 1. The lowest BCUT2D eigenvalue weighted by Crippen LogP contribution is -2.41. The maximum absolute atomic E-state index is 12.1. The third kappa shape index (κ3) is 4.56. The van der Waals surface area contributed by atoms with Crippen LogP contribution in [0.5, 0.6) is 0 Å². The second kappa shape index (κ2) is 8.13. The summed E-state index contributed by atoms with van der Waals surface area (Å²) >= 11 is 1.77. The van der Waals surface area contributed by atoms with Crippen LogP contribution < -0.4 is 10.6 Å². The smallest absolute Gasteiger partial charge is 0.315 e. The average molecular weight is 329 g/mol. The number of benzene rings is 1. The molecule has 0 spiro atoms. The van der Waals surface area contributed by atoms with Crippen LogP contribution in [0.1, 0.15) is 29.3 Å². The van der Waals surface area contributed by atoms with Crippen molar-refractivity contribution in [3.05, 3.63) is 58.3 Å². The van der Waals surface area contributed by atoms with Gasteiger partial charge in [-0.25, -0.2) is 4.79 Å². The van der Waals surface area contributed by atoms with Gasteiger partial charge in [0, 0.05) is 18.0 Å². The Bertz CT molecular complexity index is 594. The van der Waals surface area contributed by atoms with E-state index >= 15 is 0 Å². The van der Waals surface area contributed by atoms with Crippen molar-refractivity contribution in [2.24, 2.45) is 0 Å². The number of hydrogen-bond donors (Lipinski definition) is 2. The highest BCUT2D eigenvalue weighted by atomic mass is 32.1. The topological polar surface area (TPSA) is 44.4 Å². The van der Waals surface area contributed by atoms with Gasteiger partial charge in [0.25, 0.3) is 0 Å². The van der Waals surface area contributed by atoms with Gasteiger partial charge < -0.3 is 10.6 Å². The molecule has 2 N–H and O–H groups in total. The third-order valence-electron chi connectivity index (χ3n) is 4.20. The Balaban J connectivity index is 1.51. The van der Waals surface area contributed by atoms with Crippen molar-refractivity contribution in [3.8, 4) is 0 Å². The van der Waals surface area contributed by atoms with Crippen molar-refractivity contribution in [2.75, 3.05) is 19.6 Å². The molecule has 2 amide bonds. The van der Waals surface area contributed by atoms with Gasteiger partial charge in [-0.05, 0) is 42.9 Å². The van der Waals surface area contributed by atoms with Crippen molar-refractivity contribution in [1.82, 2.24) is 15.5 Å². The second-order valence-corrected chi connectivity index (χ2v) is 6.80. The lowest BCUT2D eigenvalue weighted by molar-refractivity contribution is 0.222. The number of hydrogen-bond acceptors (Lipinski definition) is 3. The summed E-state index contributed by atoms with van der Waals surface area (Å²) in [6.07, 6.45) is 2.50. The molecule has 0 radical (unpaired) electrons. The maximum Gasteiger partial charge on any atom is 0.315 e. The van der Waals surface area contributed by atoms with Crippen LogP contribution in [0.3, 0.4) is 0 Å². The molecule has 122 valence electrons. The van der Waals surface area contributed by atoms with Crippen LogP contribution in [0.25, 0.3) is 0 Å². The van der Waals surface area contributed by atoms with Gasteiger partial charge in [0.2, 0.25) is 0 Å². The van der Waals surface area contributed by atoms with Crippen molar-refractivity contribution < 1.29 is 4.79 Å². The number of amides is 2. The van der Waals surface area contributed by atoms with Gasteiger partial charge in [0.1, 0.15) is 0 Å². The quantitative estimate of drug-likeness (QED) is 0.853. The first-order valence-electron chi connectivity index (χ1n) is 8.16. The predicted octanol–water partition coefficient (Wildman–Crippen LogP) is 3.38. The molecule has 4 nitrogen and oxygen atoms in total. The van der Waals surface area contributed by atoms with Gasteiger partial charge in [-0.3, -0.25) is 4.90 Å². The highest BCUT2D eigenvalue weighted by Crippen LogP contribution is 2.27. The summed E-state index contributed by atoms with van der Waals surface area (Å²) in [7, 11) is 0. The minimum absolute atomic E-state index is 0.102. The molecule has 0 unspecified atom stereocenters. The van der Waals surface area contributed by atoms with Gasteiger partial charge in [0.05, 0.1) is 6.04 Å². The highest BCUT2D eigenvalue weighted by molar-refractivity contribution is 7.10. The largest absolute Gasteiger partial charge is 0.336 e. The Labute approximate surface area is 141 Å². The monoisotopic (exact) mass is 329 g/mol. The van der Waals surface area contributed by atoms with Crippen molar-refractivity contribution in [2.45, 2.75) is 25.4 Å². The molecule has 23 heavy (non-hydrogen) atoms. The number of urea groups is 1. The number of thiophene rings is 1. The molecule has 0 aliphatic carbocycles. The standard InChI is InChI=1S/C18H23N3OS/c22-18(19-13-15-7-2-1-3-8-15)20-14-16(17-9-6-12-23-17)21-10-4-5-11-21/h1-3,6-9,12,16H,4-5,10-11,13-14H2,(H2,19,20,22)/t16-/m0/s1. The Hall–Kier alpha value is -1.85. The molecule has 1 fully saturated rings. The van der Waals surface area contributed by atoms with Gasteiger partial charge in [0.15, 0.2) is 0 Å². The van der Waals surface area contributed by atoms with Crippen LogP contribution in [-0.2, 0) is 6.54 Å². The summed E-state index contributed by atoms with van der Waals surface area (Å²) in [4.78, 5) is 15.9. The van der Waals surface area contributed by atoms with Crippen LogP contribution in [0, 0.1) is 0 Å². The first-order valence-corrected chi connectivity index (χ1v) is 9.04. The van der Waals surface area contributed by atoms with E-state index in [1.165, 1.54) is 17.7 Å². The zero-order valence-corrected chi connectivity index (χ0v) is 14.0. The fourth-order valence-electron chi connectivity index (χ4n) is 2.97. The number of rotatable bonds is 6. The predicted molar refractivity (Wildman–Crippen MR) is 94.5 cm³/mol. The van der Waals surface area contributed by atoms with E-state index in [0.717, 1.165) is 18.7 Å². The molecule has 1 aliphatic heterocycles. The van der Waals surface area contributed by atoms with Crippen molar-refractivity contribution in [1.29, 1.82) is 0 Å². The lowest BCUT2D eigenvalue weighted by Gasteiger charge is -2.26. The van der Waals surface area contributed by atoms with E-state index < -0.39 is 0 Å². The molecule has 5 heteroatoms. The zero-order chi connectivity index (χ0) is 15.9. The molecule has 2 aromatic rings. The van der Waals surface area contributed by atoms with Crippen LogP contribution in [0.15, 0.2) is 47.8 Å². The number of nitrogens with one attached hydrogen (secondary N) is 2. The Morgan fingerprint density at radius 1 is 1.09 bits per heavy atom. The van der Waals surface area contributed by atoms with Crippen LogP contribution in [-0.4, -0.2) is 30.6 Å². The first-order chi connectivity index (χ1) is 11.3. The Kier molecular flexibility index (Phi) is 5.66. The second-order valence-electron chi connectivity index (χ2n) is 5.82. The molecule has 3 rings (SSSR count). The number of nitrogens with zero attached hydrogens (tertiary/aromatic N) is 1. The number of likely N-dealkylation sites (tertiary alicyclic amines) is 1. The maximum atomic E-state index is 12.1. The molecule has 1 aromatic carbocycles. The molecule has 0 saturated carbocycles. The normalized spacial score (nSPS) is 16.2. The van der Waals surface area contributed by atoms with Crippen molar-refractivity contribution >= 4 is 17.4 Å². The molecule has 1 saturated heterocycles. The third-order valence-corrected chi connectivity index (χ3v) is 5.18. The van der Waals surface area contributed by atoms with Crippen LogP contribution in [0.2, 0.25) is 0 Å². The van der Waals surface area contributed by atoms with Crippen LogP contribution in [0.4, 0.5) is 4.79 Å². The van der Waals surface area contributed by atoms with Crippen LogP contribution >= 0.6 is 11.3 Å². The van der Waals surface area contributed by atoms with E-state index in [1.54, 1.807) is 11.3 Å². The molecular weight excluding hydrogens is 306 g/mol. The van der Waals surface area contributed by atoms with Gasteiger partial charge in [-0.1, -0.05) is 36.4 Å². The fourth-order valence-corrected chi connectivity index (χ4v) is 3.83. The molecule has 1 aromatic heterocycles. The Morgan fingerprint density at radius 2 is 1.87 bits per heavy atom. The first kappa shape index (κ1) is 16.0. The van der Waals surface area contributed by atoms with E-state index in [-0.39, 0.29) is 6.03 Å². The minimum Gasteiger partial charge on any atom is -0.336 e. The molecule has 2 heterocycles. The van der Waals surface area contributed by atoms with E-state index in [2.05, 4.69) is 33.0 Å². The summed E-state index contributed by atoms with van der Waals surface area (Å²) in [5, 5.41) is 8.06. The molecule has 1 atom stereocenters. The lowest BCUT2D eigenvalue weighted by atomic mass is 10.2. The molecule has 0 bridgehead atoms. The minimum atomic E-state index is -0.102. The SMILES string of the molecule is O=C(NCc1ccccc1)NC[C@@H](c1cccs1)N1CCCC1. The molecule has 1 aliphatic rings. The van der Waals surface area contributed by atoms with E-state index in [9.17, 15) is 4.79 Å². The highest BCUT2D eigenvalue weighted by Gasteiger charge is 2.24. The van der Waals surface area contributed by atoms with E-state index in [1.807, 2.05) is 30.3 Å². The van der Waals surface area contributed by atoms with Gasteiger partial charge in [-0.2, -0.15) is 0 Å². The molecular formula is C18H23N3OS.